The molecule has 0 aliphatic rings. The molecule has 0 aliphatic heterocycles. The standard InChI is InChI=1S/C15H37NO2Si2/c1-9-17-19(18-10-2)14-12-11-13-16(6)20(7,8)15(3,4)5/h19H,9-14H2,1-8H3. The predicted molar refractivity (Wildman–Crippen MR) is 94.3 cm³/mol. The first-order chi connectivity index (χ1) is 9.16. The van der Waals surface area contributed by atoms with Crippen molar-refractivity contribution in [2.75, 3.05) is 26.8 Å². The first-order valence-corrected chi connectivity index (χ1v) is 12.8. The van der Waals surface area contributed by atoms with Gasteiger partial charge in [0, 0.05) is 13.2 Å². The summed E-state index contributed by atoms with van der Waals surface area (Å²) in [6.45, 7) is 19.0. The van der Waals surface area contributed by atoms with Crippen LogP contribution in [0.1, 0.15) is 47.5 Å². The van der Waals surface area contributed by atoms with Crippen molar-refractivity contribution in [1.29, 1.82) is 0 Å². The maximum atomic E-state index is 5.72. The minimum absolute atomic E-state index is 0.426. The third-order valence-electron chi connectivity index (χ3n) is 4.68. The highest BCUT2D eigenvalue weighted by Crippen LogP contribution is 2.37. The van der Waals surface area contributed by atoms with Crippen LogP contribution in [0.25, 0.3) is 0 Å². The molecule has 0 saturated heterocycles. The van der Waals surface area contributed by atoms with Crippen LogP contribution in [0.3, 0.4) is 0 Å². The van der Waals surface area contributed by atoms with Crippen LogP contribution in [0.2, 0.25) is 24.2 Å². The molecule has 0 amide bonds. The second-order valence-corrected chi connectivity index (χ2v) is 14.6. The first-order valence-electron chi connectivity index (χ1n) is 8.11. The lowest BCUT2D eigenvalue weighted by molar-refractivity contribution is 0.212. The fourth-order valence-corrected chi connectivity index (χ4v) is 5.76. The number of hydrogen-bond donors (Lipinski definition) is 0. The van der Waals surface area contributed by atoms with Gasteiger partial charge in [-0.15, -0.1) is 0 Å². The highest BCUT2D eigenvalue weighted by molar-refractivity contribution is 6.77. The zero-order valence-corrected chi connectivity index (χ0v) is 17.2. The van der Waals surface area contributed by atoms with Crippen molar-refractivity contribution in [3.8, 4) is 0 Å². The Morgan fingerprint density at radius 3 is 1.90 bits per heavy atom. The smallest absolute Gasteiger partial charge is 0.321 e. The van der Waals surface area contributed by atoms with E-state index in [9.17, 15) is 0 Å². The van der Waals surface area contributed by atoms with Crippen LogP contribution in [0, 0.1) is 0 Å². The second kappa shape index (κ2) is 9.36. The van der Waals surface area contributed by atoms with Gasteiger partial charge in [0.2, 0.25) is 0 Å². The normalized spacial score (nSPS) is 13.5. The van der Waals surface area contributed by atoms with E-state index in [1.807, 2.05) is 0 Å². The van der Waals surface area contributed by atoms with Gasteiger partial charge in [-0.05, 0) is 44.9 Å². The largest absolute Gasteiger partial charge is 0.397 e. The molecule has 20 heavy (non-hydrogen) atoms. The molecule has 0 spiro atoms. The number of hydrogen-bond acceptors (Lipinski definition) is 3. The molecule has 3 nitrogen and oxygen atoms in total. The Morgan fingerprint density at radius 1 is 1.00 bits per heavy atom. The lowest BCUT2D eigenvalue weighted by atomic mass is 10.2. The minimum Gasteiger partial charge on any atom is -0.397 e. The summed E-state index contributed by atoms with van der Waals surface area (Å²) in [5.41, 5.74) is 0. The van der Waals surface area contributed by atoms with E-state index in [4.69, 9.17) is 8.85 Å². The molecule has 0 bridgehead atoms. The van der Waals surface area contributed by atoms with E-state index in [-0.39, 0.29) is 0 Å². The van der Waals surface area contributed by atoms with Crippen LogP contribution in [-0.2, 0) is 8.85 Å². The van der Waals surface area contributed by atoms with Gasteiger partial charge in [-0.1, -0.05) is 40.3 Å². The number of rotatable bonds is 10. The van der Waals surface area contributed by atoms with Crippen molar-refractivity contribution in [2.45, 2.75) is 71.6 Å². The van der Waals surface area contributed by atoms with Gasteiger partial charge in [0.15, 0.2) is 0 Å². The fourth-order valence-electron chi connectivity index (χ4n) is 2.10. The monoisotopic (exact) mass is 319 g/mol. The summed E-state index contributed by atoms with van der Waals surface area (Å²) >= 11 is 0. The fraction of sp³-hybridized carbons (Fsp3) is 1.00. The van der Waals surface area contributed by atoms with Crippen LogP contribution in [0.4, 0.5) is 0 Å². The molecule has 0 N–H and O–H groups in total. The van der Waals surface area contributed by atoms with Crippen LogP contribution < -0.4 is 0 Å². The highest BCUT2D eigenvalue weighted by atomic mass is 28.3. The Balaban J connectivity index is 4.05. The molecule has 5 heteroatoms. The van der Waals surface area contributed by atoms with Crippen LogP contribution in [-0.4, -0.2) is 48.9 Å². The predicted octanol–water partition coefficient (Wildman–Crippen LogP) is 4.00. The van der Waals surface area contributed by atoms with Crippen LogP contribution >= 0.6 is 0 Å². The summed E-state index contributed by atoms with van der Waals surface area (Å²) in [6.07, 6.45) is 2.49. The molecule has 0 unspecified atom stereocenters. The molecule has 0 heterocycles. The molecular weight excluding hydrogens is 282 g/mol. The van der Waals surface area contributed by atoms with Crippen LogP contribution in [0.15, 0.2) is 0 Å². The number of nitrogens with zero attached hydrogens (tertiary/aromatic N) is 1. The SMILES string of the molecule is CCO[SiH](CCCCN(C)[Si](C)(C)C(C)(C)C)OCC. The van der Waals surface area contributed by atoms with E-state index in [0.717, 1.165) is 19.3 Å². The molecule has 122 valence electrons. The Hall–Kier alpha value is 0.314. The lowest BCUT2D eigenvalue weighted by Gasteiger charge is -2.44. The van der Waals surface area contributed by atoms with Gasteiger partial charge in [-0.3, -0.25) is 0 Å². The van der Waals surface area contributed by atoms with Gasteiger partial charge in [-0.25, -0.2) is 0 Å². The van der Waals surface area contributed by atoms with Gasteiger partial charge in [0.1, 0.15) is 8.24 Å². The third-order valence-corrected chi connectivity index (χ3v) is 12.8. The third kappa shape index (κ3) is 6.85. The van der Waals surface area contributed by atoms with E-state index < -0.39 is 17.5 Å². The molecule has 0 atom stereocenters. The van der Waals surface area contributed by atoms with Gasteiger partial charge in [-0.2, -0.15) is 0 Å². The van der Waals surface area contributed by atoms with Crippen molar-refractivity contribution >= 4 is 17.5 Å². The summed E-state index contributed by atoms with van der Waals surface area (Å²) in [4.78, 5) is 0. The molecule has 0 aliphatic carbocycles. The highest BCUT2D eigenvalue weighted by Gasteiger charge is 2.38. The summed E-state index contributed by atoms with van der Waals surface area (Å²) < 4.78 is 14.1. The first kappa shape index (κ1) is 20.3. The lowest BCUT2D eigenvalue weighted by Crippen LogP contribution is -2.53. The summed E-state index contributed by atoms with van der Waals surface area (Å²) in [6, 6.07) is 1.15. The average Bonchev–Trinajstić information content (AvgIpc) is 2.33. The molecular formula is C15H37NO2Si2. The summed E-state index contributed by atoms with van der Waals surface area (Å²) in [5.74, 6) is 0. The Labute approximate surface area is 130 Å². The molecule has 0 aromatic carbocycles. The minimum atomic E-state index is -1.38. The van der Waals surface area contributed by atoms with Gasteiger partial charge in [0.25, 0.3) is 0 Å². The average molecular weight is 320 g/mol. The zero-order chi connectivity index (χ0) is 15.8. The second-order valence-electron chi connectivity index (χ2n) is 7.07. The van der Waals surface area contributed by atoms with Crippen molar-refractivity contribution in [3.05, 3.63) is 0 Å². The maximum absolute atomic E-state index is 5.72. The van der Waals surface area contributed by atoms with E-state index in [0.29, 0.717) is 5.04 Å². The van der Waals surface area contributed by atoms with Gasteiger partial charge in [0.05, 0.1) is 0 Å². The van der Waals surface area contributed by atoms with Gasteiger partial charge < -0.3 is 13.4 Å². The van der Waals surface area contributed by atoms with Crippen molar-refractivity contribution < 1.29 is 8.85 Å². The number of unbranched alkanes of at least 4 members (excludes halogenated alkanes) is 1. The Kier molecular flexibility index (Phi) is 9.50. The van der Waals surface area contributed by atoms with E-state index in [1.54, 1.807) is 0 Å². The van der Waals surface area contributed by atoms with E-state index >= 15 is 0 Å². The molecule has 0 aromatic rings. The maximum Gasteiger partial charge on any atom is 0.321 e. The summed E-state index contributed by atoms with van der Waals surface area (Å²) in [5, 5.41) is 0.426. The van der Waals surface area contributed by atoms with Crippen LogP contribution in [0.5, 0.6) is 0 Å². The summed E-state index contributed by atoms with van der Waals surface area (Å²) in [7, 11) is -0.410. The Bertz CT molecular complexity index is 249. The quantitative estimate of drug-likeness (QED) is 0.449. The van der Waals surface area contributed by atoms with Crippen molar-refractivity contribution in [2.24, 2.45) is 0 Å². The molecule has 0 radical (unpaired) electrons. The Morgan fingerprint density at radius 2 is 1.50 bits per heavy atom. The molecule has 0 fully saturated rings. The van der Waals surface area contributed by atoms with E-state index in [2.05, 4.69) is 59.3 Å². The van der Waals surface area contributed by atoms with Gasteiger partial charge >= 0.3 is 9.28 Å². The molecule has 0 rings (SSSR count). The van der Waals surface area contributed by atoms with Crippen molar-refractivity contribution in [1.82, 2.24) is 4.57 Å². The zero-order valence-electron chi connectivity index (χ0n) is 15.1. The van der Waals surface area contributed by atoms with E-state index in [1.165, 1.54) is 19.4 Å². The van der Waals surface area contributed by atoms with Crippen molar-refractivity contribution in [3.63, 3.8) is 0 Å². The molecule has 0 saturated carbocycles. The topological polar surface area (TPSA) is 21.7 Å². The molecule has 0 aromatic heterocycles.